The van der Waals surface area contributed by atoms with Crippen LogP contribution >= 0.6 is 11.3 Å². The highest BCUT2D eigenvalue weighted by atomic mass is 32.2. The third kappa shape index (κ3) is 3.61. The minimum absolute atomic E-state index is 0.0809. The highest BCUT2D eigenvalue weighted by Crippen LogP contribution is 2.22. The third-order valence-corrected chi connectivity index (χ3v) is 5.84. The number of sulfonamides is 1. The molecule has 0 aliphatic carbocycles. The molecule has 0 bridgehead atoms. The second kappa shape index (κ2) is 6.13. The highest BCUT2D eigenvalue weighted by molar-refractivity contribution is 7.89. The van der Waals surface area contributed by atoms with Gasteiger partial charge in [0.2, 0.25) is 10.0 Å². The van der Waals surface area contributed by atoms with Crippen LogP contribution in [0.5, 0.6) is 5.19 Å². The van der Waals surface area contributed by atoms with Gasteiger partial charge in [0.25, 0.3) is 5.19 Å². The van der Waals surface area contributed by atoms with Crippen LogP contribution < -0.4 is 4.74 Å². The van der Waals surface area contributed by atoms with Gasteiger partial charge in [-0.25, -0.2) is 13.4 Å². The SMILES string of the molecule is O=S(=O)(CCc1ccccc1)N1CC(Oc2nccs2)C1. The fourth-order valence-corrected chi connectivity index (χ4v) is 4.22. The first-order chi connectivity index (χ1) is 10.1. The van der Waals surface area contributed by atoms with Crippen LogP contribution in [0.1, 0.15) is 5.56 Å². The maximum Gasteiger partial charge on any atom is 0.273 e. The molecule has 0 N–H and O–H groups in total. The van der Waals surface area contributed by atoms with Crippen LogP contribution in [-0.2, 0) is 16.4 Å². The predicted molar refractivity (Wildman–Crippen MR) is 82.0 cm³/mol. The van der Waals surface area contributed by atoms with Crippen LogP contribution in [0.15, 0.2) is 41.9 Å². The molecule has 1 aromatic heterocycles. The zero-order chi connectivity index (χ0) is 14.7. The summed E-state index contributed by atoms with van der Waals surface area (Å²) in [4.78, 5) is 4.03. The molecule has 2 aromatic rings. The molecule has 0 spiro atoms. The molecule has 1 aliphatic heterocycles. The van der Waals surface area contributed by atoms with Gasteiger partial charge in [0.15, 0.2) is 0 Å². The number of benzene rings is 1. The normalized spacial score (nSPS) is 16.6. The molecule has 7 heteroatoms. The lowest BCUT2D eigenvalue weighted by Crippen LogP contribution is -2.56. The van der Waals surface area contributed by atoms with E-state index in [1.165, 1.54) is 15.6 Å². The van der Waals surface area contributed by atoms with Crippen molar-refractivity contribution in [1.29, 1.82) is 0 Å². The van der Waals surface area contributed by atoms with Crippen molar-refractivity contribution >= 4 is 21.4 Å². The molecule has 0 saturated carbocycles. The summed E-state index contributed by atoms with van der Waals surface area (Å²) in [6.45, 7) is 0.827. The van der Waals surface area contributed by atoms with Gasteiger partial charge in [0, 0.05) is 11.6 Å². The topological polar surface area (TPSA) is 59.5 Å². The molecule has 112 valence electrons. The zero-order valence-corrected chi connectivity index (χ0v) is 13.0. The summed E-state index contributed by atoms with van der Waals surface area (Å²) in [6.07, 6.45) is 2.13. The maximum absolute atomic E-state index is 12.2. The summed E-state index contributed by atoms with van der Waals surface area (Å²) in [5.74, 6) is 0.140. The Morgan fingerprint density at radius 1 is 1.29 bits per heavy atom. The predicted octanol–water partition coefficient (Wildman–Crippen LogP) is 1.78. The summed E-state index contributed by atoms with van der Waals surface area (Å²) in [5, 5.41) is 2.43. The quantitative estimate of drug-likeness (QED) is 0.813. The summed E-state index contributed by atoms with van der Waals surface area (Å²) >= 11 is 1.42. The van der Waals surface area contributed by atoms with Crippen LogP contribution in [0.25, 0.3) is 0 Å². The number of thiazole rings is 1. The molecule has 2 heterocycles. The number of nitrogens with zero attached hydrogens (tertiary/aromatic N) is 2. The minimum atomic E-state index is -3.20. The minimum Gasteiger partial charge on any atom is -0.464 e. The first-order valence-electron chi connectivity index (χ1n) is 6.71. The number of hydrogen-bond acceptors (Lipinski definition) is 5. The Labute approximate surface area is 128 Å². The first kappa shape index (κ1) is 14.5. The molecule has 1 aromatic carbocycles. The number of aromatic nitrogens is 1. The number of aryl methyl sites for hydroxylation is 1. The van der Waals surface area contributed by atoms with Gasteiger partial charge in [0.05, 0.1) is 18.8 Å². The van der Waals surface area contributed by atoms with Crippen LogP contribution in [0, 0.1) is 0 Å². The van der Waals surface area contributed by atoms with Crippen LogP contribution in [0.4, 0.5) is 0 Å². The van der Waals surface area contributed by atoms with E-state index >= 15 is 0 Å². The van der Waals surface area contributed by atoms with Crippen molar-refractivity contribution in [3.63, 3.8) is 0 Å². The largest absolute Gasteiger partial charge is 0.464 e. The van der Waals surface area contributed by atoms with Crippen molar-refractivity contribution in [3.05, 3.63) is 47.5 Å². The van der Waals surface area contributed by atoms with Crippen LogP contribution in [-0.4, -0.2) is 42.7 Å². The van der Waals surface area contributed by atoms with E-state index in [9.17, 15) is 8.42 Å². The molecule has 0 atom stereocenters. The van der Waals surface area contributed by atoms with Gasteiger partial charge in [0.1, 0.15) is 6.10 Å². The second-order valence-corrected chi connectivity index (χ2v) is 7.85. The molecular weight excluding hydrogens is 308 g/mol. The Hall–Kier alpha value is -1.44. The van der Waals surface area contributed by atoms with Gasteiger partial charge >= 0.3 is 0 Å². The summed E-state index contributed by atoms with van der Waals surface area (Å²) in [6, 6.07) is 9.65. The smallest absolute Gasteiger partial charge is 0.273 e. The van der Waals surface area contributed by atoms with Crippen molar-refractivity contribution in [2.45, 2.75) is 12.5 Å². The highest BCUT2D eigenvalue weighted by Gasteiger charge is 2.37. The van der Waals surface area contributed by atoms with Crippen LogP contribution in [0.2, 0.25) is 0 Å². The fraction of sp³-hybridized carbons (Fsp3) is 0.357. The van der Waals surface area contributed by atoms with E-state index in [4.69, 9.17) is 4.74 Å². The van der Waals surface area contributed by atoms with Crippen molar-refractivity contribution < 1.29 is 13.2 Å². The molecule has 0 unspecified atom stereocenters. The van der Waals surface area contributed by atoms with E-state index in [1.54, 1.807) is 6.20 Å². The molecule has 1 aliphatic rings. The van der Waals surface area contributed by atoms with E-state index in [1.807, 2.05) is 35.7 Å². The van der Waals surface area contributed by atoms with Crippen molar-refractivity contribution in [2.24, 2.45) is 0 Å². The molecule has 0 amide bonds. The molecule has 5 nitrogen and oxygen atoms in total. The Morgan fingerprint density at radius 3 is 2.71 bits per heavy atom. The van der Waals surface area contributed by atoms with Gasteiger partial charge in [-0.15, -0.1) is 0 Å². The third-order valence-electron chi connectivity index (χ3n) is 3.38. The molecule has 21 heavy (non-hydrogen) atoms. The van der Waals surface area contributed by atoms with Gasteiger partial charge in [-0.2, -0.15) is 4.31 Å². The lowest BCUT2D eigenvalue weighted by atomic mass is 10.2. The van der Waals surface area contributed by atoms with Crippen molar-refractivity contribution in [1.82, 2.24) is 9.29 Å². The van der Waals surface area contributed by atoms with E-state index in [0.29, 0.717) is 24.7 Å². The molecular formula is C14H16N2O3S2. The van der Waals surface area contributed by atoms with E-state index in [-0.39, 0.29) is 11.9 Å². The average molecular weight is 324 g/mol. The standard InChI is InChI=1S/C14H16N2O3S2/c17-21(18,9-6-12-4-2-1-3-5-12)16-10-13(11-16)19-14-15-7-8-20-14/h1-5,7-8,13H,6,9-11H2. The van der Waals surface area contributed by atoms with E-state index < -0.39 is 10.0 Å². The Kier molecular flexibility index (Phi) is 4.23. The first-order valence-corrected chi connectivity index (χ1v) is 9.20. The lowest BCUT2D eigenvalue weighted by Gasteiger charge is -2.37. The van der Waals surface area contributed by atoms with Gasteiger partial charge < -0.3 is 4.74 Å². The molecule has 1 saturated heterocycles. The van der Waals surface area contributed by atoms with Gasteiger partial charge in [-0.05, 0) is 12.0 Å². The van der Waals surface area contributed by atoms with E-state index in [2.05, 4.69) is 4.98 Å². The summed E-state index contributed by atoms with van der Waals surface area (Å²) < 4.78 is 31.4. The summed E-state index contributed by atoms with van der Waals surface area (Å²) in [7, 11) is -3.20. The van der Waals surface area contributed by atoms with E-state index in [0.717, 1.165) is 5.56 Å². The Bertz CT molecular complexity index is 666. The average Bonchev–Trinajstić information content (AvgIpc) is 2.94. The summed E-state index contributed by atoms with van der Waals surface area (Å²) in [5.41, 5.74) is 1.04. The monoisotopic (exact) mass is 324 g/mol. The zero-order valence-electron chi connectivity index (χ0n) is 11.4. The molecule has 1 fully saturated rings. The maximum atomic E-state index is 12.2. The number of hydrogen-bond donors (Lipinski definition) is 0. The fourth-order valence-electron chi connectivity index (χ4n) is 2.13. The lowest BCUT2D eigenvalue weighted by molar-refractivity contribution is 0.0760. The second-order valence-electron chi connectivity index (χ2n) is 4.91. The molecule has 3 rings (SSSR count). The Balaban J connectivity index is 1.48. The Morgan fingerprint density at radius 2 is 2.05 bits per heavy atom. The molecule has 0 radical (unpaired) electrons. The van der Waals surface area contributed by atoms with Crippen molar-refractivity contribution in [2.75, 3.05) is 18.8 Å². The van der Waals surface area contributed by atoms with Gasteiger partial charge in [-0.3, -0.25) is 0 Å². The van der Waals surface area contributed by atoms with Crippen molar-refractivity contribution in [3.8, 4) is 5.19 Å². The number of ether oxygens (including phenoxy) is 1. The van der Waals surface area contributed by atoms with Gasteiger partial charge in [-0.1, -0.05) is 41.7 Å². The van der Waals surface area contributed by atoms with Crippen LogP contribution in [0.3, 0.4) is 0 Å². The number of rotatable bonds is 6.